The summed E-state index contributed by atoms with van der Waals surface area (Å²) >= 11 is 0. The average Bonchev–Trinajstić information content (AvgIpc) is 3.20. The van der Waals surface area contributed by atoms with E-state index in [0.29, 0.717) is 12.8 Å². The molecule has 0 saturated heterocycles. The van der Waals surface area contributed by atoms with Crippen molar-refractivity contribution in [1.29, 1.82) is 0 Å². The Bertz CT molecular complexity index is 847. The Hall–Kier alpha value is -1.21. The topological polar surface area (TPSA) is 110 Å². The summed E-state index contributed by atoms with van der Waals surface area (Å²) in [5, 5.41) is 43.8. The highest BCUT2D eigenvalue weighted by atomic mass is 16.3. The Morgan fingerprint density at radius 1 is 0.446 bits per heavy atom. The van der Waals surface area contributed by atoms with E-state index < -0.39 is 36.9 Å². The number of carbonyl (C=O) groups excluding carboxylic acids is 1. The number of rotatable bonds is 45. The summed E-state index contributed by atoms with van der Waals surface area (Å²) in [5.74, 6) is -0.586. The van der Waals surface area contributed by atoms with Crippen LogP contribution in [0.2, 0.25) is 0 Å². The fourth-order valence-corrected chi connectivity index (χ4v) is 7.73. The molecule has 0 heterocycles. The Kier molecular flexibility index (Phi) is 43.9. The highest BCUT2D eigenvalue weighted by Gasteiger charge is 2.28. The summed E-state index contributed by atoms with van der Waals surface area (Å²) in [4.78, 5) is 12.5. The molecule has 0 aliphatic rings. The molecule has 0 spiro atoms. The molecule has 0 rings (SSSR count). The quantitative estimate of drug-likeness (QED) is 0.0312. The van der Waals surface area contributed by atoms with Crippen LogP contribution in [-0.4, -0.2) is 57.3 Å². The molecule has 0 aliphatic carbocycles. The second kappa shape index (κ2) is 44.9. The van der Waals surface area contributed by atoms with Gasteiger partial charge >= 0.3 is 0 Å². The number of aliphatic hydroxyl groups excluding tert-OH is 4. The fraction of sp³-hybridized carbons (Fsp3) is 0.900. The van der Waals surface area contributed by atoms with E-state index in [1.807, 2.05) is 0 Å². The Morgan fingerprint density at radius 2 is 0.768 bits per heavy atom. The average molecular weight is 792 g/mol. The van der Waals surface area contributed by atoms with Gasteiger partial charge in [0.05, 0.1) is 18.8 Å². The van der Waals surface area contributed by atoms with Crippen LogP contribution in [0.3, 0.4) is 0 Å². The van der Waals surface area contributed by atoms with E-state index in [2.05, 4.69) is 43.5 Å². The summed E-state index contributed by atoms with van der Waals surface area (Å²) in [6.45, 7) is 4.07. The number of hydrogen-bond acceptors (Lipinski definition) is 5. The molecular formula is C50H97NO5. The van der Waals surface area contributed by atoms with Crippen LogP contribution in [0, 0.1) is 0 Å². The van der Waals surface area contributed by atoms with E-state index in [4.69, 9.17) is 0 Å². The molecule has 0 radical (unpaired) electrons. The molecule has 56 heavy (non-hydrogen) atoms. The largest absolute Gasteiger partial charge is 0.394 e. The third kappa shape index (κ3) is 38.3. The van der Waals surface area contributed by atoms with Gasteiger partial charge in [-0.3, -0.25) is 4.79 Å². The first-order valence-electron chi connectivity index (χ1n) is 24.7. The van der Waals surface area contributed by atoms with Crippen molar-refractivity contribution in [2.75, 3.05) is 6.61 Å². The van der Waals surface area contributed by atoms with Crippen molar-refractivity contribution in [3.63, 3.8) is 0 Å². The Morgan fingerprint density at radius 3 is 1.12 bits per heavy atom. The van der Waals surface area contributed by atoms with Crippen molar-refractivity contribution in [3.8, 4) is 0 Å². The van der Waals surface area contributed by atoms with Crippen molar-refractivity contribution >= 4 is 5.91 Å². The lowest BCUT2D eigenvalue weighted by Gasteiger charge is -2.27. The summed E-state index contributed by atoms with van der Waals surface area (Å²) in [7, 11) is 0. The number of unbranched alkanes of at least 4 members (excludes halogenated alkanes) is 32. The molecule has 5 N–H and O–H groups in total. The first-order valence-corrected chi connectivity index (χ1v) is 24.7. The summed E-state index contributed by atoms with van der Waals surface area (Å²) < 4.78 is 0. The van der Waals surface area contributed by atoms with E-state index in [9.17, 15) is 25.2 Å². The fourth-order valence-electron chi connectivity index (χ4n) is 7.73. The van der Waals surface area contributed by atoms with Crippen molar-refractivity contribution in [3.05, 3.63) is 24.3 Å². The monoisotopic (exact) mass is 792 g/mol. The molecule has 6 nitrogen and oxygen atoms in total. The first-order chi connectivity index (χ1) is 27.5. The summed E-state index contributed by atoms with van der Waals surface area (Å²) in [6, 6.07) is -0.986. The third-order valence-corrected chi connectivity index (χ3v) is 11.7. The van der Waals surface area contributed by atoms with Crippen LogP contribution in [0.15, 0.2) is 24.3 Å². The predicted molar refractivity (Wildman–Crippen MR) is 242 cm³/mol. The minimum Gasteiger partial charge on any atom is -0.394 e. The van der Waals surface area contributed by atoms with Gasteiger partial charge in [0.1, 0.15) is 12.2 Å². The van der Waals surface area contributed by atoms with Crippen molar-refractivity contribution in [2.24, 2.45) is 0 Å². The minimum absolute atomic E-state index is 0.364. The number of hydrogen-bond donors (Lipinski definition) is 5. The molecule has 0 fully saturated rings. The van der Waals surface area contributed by atoms with Crippen molar-refractivity contribution in [1.82, 2.24) is 5.32 Å². The SMILES string of the molecule is CCCCCCCCCCC/C=C\C/C=C\CCCCCCCCCCC(O)C(=O)NC(CO)C(O)C(O)CCCCCCCCCCCCCCCCCC. The number of nitrogens with one attached hydrogen (secondary N) is 1. The van der Waals surface area contributed by atoms with Gasteiger partial charge in [0.15, 0.2) is 0 Å². The van der Waals surface area contributed by atoms with Gasteiger partial charge in [-0.05, 0) is 44.9 Å². The van der Waals surface area contributed by atoms with Crippen LogP contribution in [0.25, 0.3) is 0 Å². The molecule has 0 aromatic heterocycles. The van der Waals surface area contributed by atoms with Crippen LogP contribution in [0.4, 0.5) is 0 Å². The zero-order valence-corrected chi connectivity index (χ0v) is 37.4. The lowest BCUT2D eigenvalue weighted by Crippen LogP contribution is -2.53. The summed E-state index contributed by atoms with van der Waals surface area (Å²) in [6.07, 6.45) is 52.1. The maximum atomic E-state index is 12.5. The number of allylic oxidation sites excluding steroid dienone is 4. The van der Waals surface area contributed by atoms with Crippen LogP contribution in [-0.2, 0) is 4.79 Å². The van der Waals surface area contributed by atoms with Crippen LogP contribution >= 0.6 is 0 Å². The summed E-state index contributed by atoms with van der Waals surface area (Å²) in [5.41, 5.74) is 0. The molecule has 0 aromatic carbocycles. The highest BCUT2D eigenvalue weighted by Crippen LogP contribution is 2.17. The lowest BCUT2D eigenvalue weighted by atomic mass is 9.99. The Labute approximate surface area is 348 Å². The molecular weight excluding hydrogens is 695 g/mol. The first kappa shape index (κ1) is 54.8. The zero-order chi connectivity index (χ0) is 41.0. The molecule has 0 bridgehead atoms. The van der Waals surface area contributed by atoms with Gasteiger partial charge in [-0.2, -0.15) is 0 Å². The van der Waals surface area contributed by atoms with Gasteiger partial charge in [0.25, 0.3) is 0 Å². The highest BCUT2D eigenvalue weighted by molar-refractivity contribution is 5.80. The molecule has 0 aliphatic heterocycles. The van der Waals surface area contributed by atoms with Gasteiger partial charge in [-0.15, -0.1) is 0 Å². The van der Waals surface area contributed by atoms with E-state index >= 15 is 0 Å². The van der Waals surface area contributed by atoms with Gasteiger partial charge in [-0.1, -0.05) is 237 Å². The van der Waals surface area contributed by atoms with E-state index in [1.165, 1.54) is 186 Å². The molecule has 1 amide bonds. The van der Waals surface area contributed by atoms with E-state index in [1.54, 1.807) is 0 Å². The lowest BCUT2D eigenvalue weighted by molar-refractivity contribution is -0.132. The normalized spacial score (nSPS) is 14.2. The maximum absolute atomic E-state index is 12.5. The minimum atomic E-state index is -1.26. The maximum Gasteiger partial charge on any atom is 0.249 e. The standard InChI is InChI=1S/C50H97NO5/c1-3-5-7-9-11-13-15-17-19-21-22-23-24-25-26-27-28-30-32-34-36-38-40-42-44-48(54)50(56)51-46(45-52)49(55)47(53)43-41-39-37-35-33-31-29-20-18-16-14-12-10-8-6-4-2/h22-23,25-26,46-49,52-55H,3-21,24,27-45H2,1-2H3,(H,51,56)/b23-22-,26-25-. The molecule has 0 aromatic rings. The van der Waals surface area contributed by atoms with Gasteiger partial charge in [-0.25, -0.2) is 0 Å². The van der Waals surface area contributed by atoms with Crippen LogP contribution in [0.1, 0.15) is 258 Å². The molecule has 4 unspecified atom stereocenters. The smallest absolute Gasteiger partial charge is 0.249 e. The second-order valence-electron chi connectivity index (χ2n) is 17.2. The van der Waals surface area contributed by atoms with E-state index in [-0.39, 0.29) is 0 Å². The number of amides is 1. The van der Waals surface area contributed by atoms with Crippen LogP contribution < -0.4 is 5.32 Å². The molecule has 6 heteroatoms. The van der Waals surface area contributed by atoms with Crippen molar-refractivity contribution < 1.29 is 25.2 Å². The third-order valence-electron chi connectivity index (χ3n) is 11.7. The molecule has 0 saturated carbocycles. The predicted octanol–water partition coefficient (Wildman–Crippen LogP) is 13.5. The zero-order valence-electron chi connectivity index (χ0n) is 37.4. The van der Waals surface area contributed by atoms with Crippen molar-refractivity contribution in [2.45, 2.75) is 282 Å². The van der Waals surface area contributed by atoms with Crippen LogP contribution in [0.5, 0.6) is 0 Å². The van der Waals surface area contributed by atoms with E-state index in [0.717, 1.165) is 44.9 Å². The van der Waals surface area contributed by atoms with Gasteiger partial charge < -0.3 is 25.7 Å². The molecule has 4 atom stereocenters. The number of aliphatic hydroxyl groups is 4. The molecule has 332 valence electrons. The Balaban J connectivity index is 3.69. The number of carbonyl (C=O) groups is 1. The second-order valence-corrected chi connectivity index (χ2v) is 17.2. The van der Waals surface area contributed by atoms with Gasteiger partial charge in [0, 0.05) is 0 Å². The van der Waals surface area contributed by atoms with Gasteiger partial charge in [0.2, 0.25) is 5.91 Å².